The van der Waals surface area contributed by atoms with Gasteiger partial charge in [0.2, 0.25) is 12.0 Å². The number of rotatable bonds is 18. The van der Waals surface area contributed by atoms with Crippen LogP contribution in [0.5, 0.6) is 17.4 Å². The highest BCUT2D eigenvalue weighted by Gasteiger charge is 2.29. The van der Waals surface area contributed by atoms with Gasteiger partial charge in [0.1, 0.15) is 35.1 Å². The SMILES string of the molecule is COc1ccccc1-c1nccc(COc2ccc(CNCCN3CCC(O)C3)cc2CC(Oc2ncnc3sc(-c4ccc(F)cc4)c(-c4ccc(C=O)c(Cl)c4C)c23)C(=O)O)n1. The molecule has 0 bridgehead atoms. The van der Waals surface area contributed by atoms with Crippen molar-refractivity contribution in [2.24, 2.45) is 0 Å². The molecular formula is C48H44ClFN6O7S. The van der Waals surface area contributed by atoms with E-state index in [2.05, 4.69) is 25.2 Å². The normalized spacial score (nSPS) is 14.4. The van der Waals surface area contributed by atoms with E-state index in [0.717, 1.165) is 30.6 Å². The summed E-state index contributed by atoms with van der Waals surface area (Å²) < 4.78 is 32.5. The Kier molecular flexibility index (Phi) is 13.8. The van der Waals surface area contributed by atoms with Crippen molar-refractivity contribution in [3.63, 3.8) is 0 Å². The lowest BCUT2D eigenvalue weighted by Crippen LogP contribution is -2.31. The summed E-state index contributed by atoms with van der Waals surface area (Å²) in [6, 6.07) is 24.2. The highest BCUT2D eigenvalue weighted by atomic mass is 35.5. The van der Waals surface area contributed by atoms with Gasteiger partial charge in [-0.05, 0) is 83.6 Å². The minimum absolute atomic E-state index is 0.0178. The van der Waals surface area contributed by atoms with Gasteiger partial charge in [-0.25, -0.2) is 29.1 Å². The number of halogens is 2. The number of carboxylic acid groups (broad SMARTS) is 1. The number of benzene rings is 4. The highest BCUT2D eigenvalue weighted by molar-refractivity contribution is 7.22. The molecule has 0 spiro atoms. The first-order chi connectivity index (χ1) is 31.1. The smallest absolute Gasteiger partial charge is 0.345 e. The number of aliphatic hydroxyl groups excluding tert-OH is 1. The summed E-state index contributed by atoms with van der Waals surface area (Å²) in [5, 5.41) is 24.9. The van der Waals surface area contributed by atoms with Crippen molar-refractivity contribution in [1.29, 1.82) is 0 Å². The molecule has 4 heterocycles. The maximum atomic E-state index is 14.2. The van der Waals surface area contributed by atoms with E-state index in [4.69, 9.17) is 30.8 Å². The van der Waals surface area contributed by atoms with Crippen LogP contribution in [0.4, 0.5) is 4.39 Å². The average Bonchev–Trinajstić information content (AvgIpc) is 3.92. The minimum Gasteiger partial charge on any atom is -0.496 e. The van der Waals surface area contributed by atoms with Crippen LogP contribution >= 0.6 is 22.9 Å². The van der Waals surface area contributed by atoms with Crippen LogP contribution < -0.4 is 19.5 Å². The molecular weight excluding hydrogens is 859 g/mol. The van der Waals surface area contributed by atoms with Crippen molar-refractivity contribution < 1.29 is 38.4 Å². The van der Waals surface area contributed by atoms with E-state index in [-0.39, 0.29) is 30.0 Å². The van der Waals surface area contributed by atoms with Crippen molar-refractivity contribution in [3.05, 3.63) is 136 Å². The fraction of sp³-hybridized carbons (Fsp3) is 0.250. The number of carbonyl (C=O) groups is 2. The third-order valence-electron chi connectivity index (χ3n) is 11.1. The quantitative estimate of drug-likeness (QED) is 0.0557. The Balaban J connectivity index is 1.13. The molecule has 3 N–H and O–H groups in total. The summed E-state index contributed by atoms with van der Waals surface area (Å²) in [5.41, 5.74) is 5.61. The summed E-state index contributed by atoms with van der Waals surface area (Å²) in [4.78, 5) is 46.7. The van der Waals surface area contributed by atoms with Gasteiger partial charge in [-0.1, -0.05) is 54.1 Å². The zero-order chi connectivity index (χ0) is 44.7. The number of fused-ring (bicyclic) bond motifs is 1. The first-order valence-corrected chi connectivity index (χ1v) is 21.8. The van der Waals surface area contributed by atoms with Gasteiger partial charge < -0.3 is 29.7 Å². The van der Waals surface area contributed by atoms with Crippen molar-refractivity contribution in [3.8, 4) is 50.3 Å². The van der Waals surface area contributed by atoms with E-state index in [0.29, 0.717) is 97.4 Å². The molecule has 2 atom stereocenters. The molecule has 0 radical (unpaired) electrons. The number of aldehydes is 1. The fourth-order valence-corrected chi connectivity index (χ4v) is 9.12. The molecule has 16 heteroatoms. The molecule has 0 aliphatic carbocycles. The number of carboxylic acids is 1. The van der Waals surface area contributed by atoms with Crippen molar-refractivity contribution in [2.75, 3.05) is 33.3 Å². The molecule has 13 nitrogen and oxygen atoms in total. The average molecular weight is 903 g/mol. The Bertz CT molecular complexity index is 2810. The van der Waals surface area contributed by atoms with Gasteiger partial charge in [-0.15, -0.1) is 11.3 Å². The van der Waals surface area contributed by atoms with Gasteiger partial charge >= 0.3 is 5.97 Å². The topological polar surface area (TPSA) is 169 Å². The monoisotopic (exact) mass is 902 g/mol. The maximum absolute atomic E-state index is 14.2. The van der Waals surface area contributed by atoms with E-state index in [1.807, 2.05) is 42.5 Å². The Hall–Kier alpha value is -6.36. The molecule has 0 amide bonds. The lowest BCUT2D eigenvalue weighted by atomic mass is 9.95. The standard InChI is InChI=1S/C48H44ClFN6O7S/c1-28-36(13-10-31(25-57)43(28)49)41-42-46(53-27-54-47(42)64-44(41)30-8-11-33(50)12-9-30)63-40(48(59)60)22-32-21-29(23-51-18-20-56-19-16-35(58)24-56)7-14-38(32)62-26-34-15-17-52-45(55-34)37-5-3-4-6-39(37)61-2/h3-15,17,21,25,27,35,40,51,58H,16,18-20,22-24,26H2,1-2H3,(H,59,60). The van der Waals surface area contributed by atoms with Gasteiger partial charge in [0.25, 0.3) is 0 Å². The Morgan fingerprint density at radius 3 is 2.64 bits per heavy atom. The summed E-state index contributed by atoms with van der Waals surface area (Å²) in [7, 11) is 1.59. The number of likely N-dealkylation sites (tertiary alicyclic amines) is 1. The molecule has 1 fully saturated rings. The molecule has 0 saturated carbocycles. The third-order valence-corrected chi connectivity index (χ3v) is 12.7. The zero-order valence-electron chi connectivity index (χ0n) is 35.0. The van der Waals surface area contributed by atoms with Crippen molar-refractivity contribution in [1.82, 2.24) is 30.2 Å². The number of β-amino-alcohol motifs (C(OH)–C–C–N with tert-alkyl or cyclic N) is 1. The molecule has 4 aromatic carbocycles. The number of methoxy groups -OCH3 is 1. The van der Waals surface area contributed by atoms with Gasteiger partial charge in [-0.2, -0.15) is 0 Å². The van der Waals surface area contributed by atoms with Crippen LogP contribution in [-0.2, 0) is 24.4 Å². The van der Waals surface area contributed by atoms with Crippen LogP contribution in [0.3, 0.4) is 0 Å². The van der Waals surface area contributed by atoms with Crippen LogP contribution in [0.1, 0.15) is 39.2 Å². The predicted octanol–water partition coefficient (Wildman–Crippen LogP) is 8.21. The lowest BCUT2D eigenvalue weighted by molar-refractivity contribution is -0.145. The van der Waals surface area contributed by atoms with E-state index in [1.54, 1.807) is 50.6 Å². The number of nitrogens with one attached hydrogen (secondary N) is 1. The number of hydrogen-bond acceptors (Lipinski definition) is 13. The molecule has 8 rings (SSSR count). The molecule has 64 heavy (non-hydrogen) atoms. The van der Waals surface area contributed by atoms with Crippen LogP contribution in [-0.4, -0.2) is 92.8 Å². The summed E-state index contributed by atoms with van der Waals surface area (Å²) >= 11 is 8.01. The molecule has 1 saturated heterocycles. The predicted molar refractivity (Wildman–Crippen MR) is 243 cm³/mol. The number of nitrogens with zero attached hydrogens (tertiary/aromatic N) is 5. The number of thiophene rings is 1. The second-order valence-electron chi connectivity index (χ2n) is 15.3. The second kappa shape index (κ2) is 20.0. The van der Waals surface area contributed by atoms with Crippen LogP contribution in [0.25, 0.3) is 43.2 Å². The fourth-order valence-electron chi connectivity index (χ4n) is 7.75. The minimum atomic E-state index is -1.45. The first kappa shape index (κ1) is 44.3. The van der Waals surface area contributed by atoms with Crippen molar-refractivity contribution >= 4 is 45.4 Å². The molecule has 328 valence electrons. The van der Waals surface area contributed by atoms with E-state index in [1.165, 1.54) is 29.8 Å². The van der Waals surface area contributed by atoms with Gasteiger partial charge in [0.05, 0.1) is 34.9 Å². The van der Waals surface area contributed by atoms with Crippen LogP contribution in [0.15, 0.2) is 97.5 Å². The summed E-state index contributed by atoms with van der Waals surface area (Å²) in [5.74, 6) is -0.103. The highest BCUT2D eigenvalue weighted by Crippen LogP contribution is 2.49. The molecule has 2 unspecified atom stereocenters. The van der Waals surface area contributed by atoms with Crippen molar-refractivity contribution in [2.45, 2.75) is 45.1 Å². The van der Waals surface area contributed by atoms with Crippen LogP contribution in [0, 0.1) is 12.7 Å². The second-order valence-corrected chi connectivity index (χ2v) is 16.7. The van der Waals surface area contributed by atoms with Gasteiger partial charge in [0.15, 0.2) is 12.1 Å². The van der Waals surface area contributed by atoms with E-state index >= 15 is 0 Å². The van der Waals surface area contributed by atoms with E-state index in [9.17, 15) is 24.2 Å². The molecule has 1 aliphatic heterocycles. The zero-order valence-corrected chi connectivity index (χ0v) is 36.5. The number of aliphatic hydroxyl groups is 1. The number of aliphatic carboxylic acids is 1. The number of carbonyl (C=O) groups excluding carboxylic acids is 1. The van der Waals surface area contributed by atoms with Gasteiger partial charge in [0, 0.05) is 61.3 Å². The Labute approximate surface area is 377 Å². The number of hydrogen-bond donors (Lipinski definition) is 3. The van der Waals surface area contributed by atoms with Gasteiger partial charge in [-0.3, -0.25) is 9.69 Å². The lowest BCUT2D eigenvalue weighted by Gasteiger charge is -2.19. The van der Waals surface area contributed by atoms with E-state index < -0.39 is 17.9 Å². The van der Waals surface area contributed by atoms with Crippen LogP contribution in [0.2, 0.25) is 5.02 Å². The molecule has 3 aromatic heterocycles. The summed E-state index contributed by atoms with van der Waals surface area (Å²) in [6.45, 7) is 5.31. The maximum Gasteiger partial charge on any atom is 0.345 e. The first-order valence-electron chi connectivity index (χ1n) is 20.6. The Morgan fingerprint density at radius 1 is 1.05 bits per heavy atom. The summed E-state index contributed by atoms with van der Waals surface area (Å²) in [6.07, 6.45) is 2.53. The molecule has 7 aromatic rings. The number of ether oxygens (including phenoxy) is 3. The number of para-hydroxylation sites is 1. The third kappa shape index (κ3) is 9.88. The number of aromatic nitrogens is 4. The Morgan fingerprint density at radius 2 is 1.88 bits per heavy atom. The largest absolute Gasteiger partial charge is 0.496 e. The molecule has 1 aliphatic rings.